The number of anilines is 1. The predicted molar refractivity (Wildman–Crippen MR) is 76.4 cm³/mol. The van der Waals surface area contributed by atoms with E-state index in [-0.39, 0.29) is 0 Å². The Morgan fingerprint density at radius 1 is 0.941 bits per heavy atom. The Morgan fingerprint density at radius 3 is 2.35 bits per heavy atom. The molecule has 0 unspecified atom stereocenters. The highest BCUT2D eigenvalue weighted by atomic mass is 32.1. The highest BCUT2D eigenvalue weighted by Crippen LogP contribution is 2.37. The third kappa shape index (κ3) is 1.71. The topological polar surface area (TPSA) is 26.0 Å². The van der Waals surface area contributed by atoms with Crippen LogP contribution in [0, 0.1) is 6.92 Å². The zero-order valence-corrected chi connectivity index (χ0v) is 10.4. The maximum atomic E-state index is 5.72. The van der Waals surface area contributed by atoms with E-state index >= 15 is 0 Å². The molecule has 2 N–H and O–H groups in total. The maximum absolute atomic E-state index is 5.72. The van der Waals surface area contributed by atoms with E-state index in [0.717, 1.165) is 5.69 Å². The summed E-state index contributed by atoms with van der Waals surface area (Å²) in [5.41, 5.74) is 9.14. The van der Waals surface area contributed by atoms with Gasteiger partial charge in [0.1, 0.15) is 0 Å². The van der Waals surface area contributed by atoms with Gasteiger partial charge in [-0.3, -0.25) is 0 Å². The van der Waals surface area contributed by atoms with Crippen molar-refractivity contribution in [3.63, 3.8) is 0 Å². The third-order valence-electron chi connectivity index (χ3n) is 3.02. The molecule has 3 rings (SSSR count). The van der Waals surface area contributed by atoms with E-state index in [1.54, 1.807) is 0 Å². The molecule has 0 aliphatic carbocycles. The lowest BCUT2D eigenvalue weighted by Gasteiger charge is -2.00. The van der Waals surface area contributed by atoms with Crippen molar-refractivity contribution in [1.29, 1.82) is 0 Å². The van der Waals surface area contributed by atoms with Crippen molar-refractivity contribution in [2.75, 3.05) is 5.73 Å². The second kappa shape index (κ2) is 3.90. The molecule has 0 amide bonds. The molecule has 0 saturated heterocycles. The SMILES string of the molecule is Cc1c(-c2ccc(N)cc2)sc2ccccc12. The van der Waals surface area contributed by atoms with Gasteiger partial charge in [-0.25, -0.2) is 0 Å². The summed E-state index contributed by atoms with van der Waals surface area (Å²) < 4.78 is 1.34. The summed E-state index contributed by atoms with van der Waals surface area (Å²) in [5, 5.41) is 1.35. The summed E-state index contributed by atoms with van der Waals surface area (Å²) >= 11 is 1.84. The number of hydrogen-bond acceptors (Lipinski definition) is 2. The Morgan fingerprint density at radius 2 is 1.65 bits per heavy atom. The number of rotatable bonds is 1. The molecule has 2 heteroatoms. The van der Waals surface area contributed by atoms with Gasteiger partial charge in [-0.15, -0.1) is 11.3 Å². The maximum Gasteiger partial charge on any atom is 0.0384 e. The molecule has 0 aliphatic rings. The molecule has 0 aliphatic heterocycles. The van der Waals surface area contributed by atoms with Crippen LogP contribution in [0.2, 0.25) is 0 Å². The number of thiophene rings is 1. The number of fused-ring (bicyclic) bond motifs is 1. The van der Waals surface area contributed by atoms with Gasteiger partial charge in [-0.1, -0.05) is 30.3 Å². The summed E-state index contributed by atoms with van der Waals surface area (Å²) in [6.45, 7) is 2.19. The molecule has 1 aromatic heterocycles. The van der Waals surface area contributed by atoms with E-state index in [9.17, 15) is 0 Å². The highest BCUT2D eigenvalue weighted by molar-refractivity contribution is 7.22. The second-order valence-corrected chi connectivity index (χ2v) is 5.23. The molecule has 2 aromatic carbocycles. The van der Waals surface area contributed by atoms with Crippen molar-refractivity contribution in [2.24, 2.45) is 0 Å². The fourth-order valence-corrected chi connectivity index (χ4v) is 3.30. The minimum atomic E-state index is 0.813. The van der Waals surface area contributed by atoms with Crippen molar-refractivity contribution >= 4 is 27.1 Å². The predicted octanol–water partition coefficient (Wildman–Crippen LogP) is 4.46. The first-order chi connectivity index (χ1) is 8.25. The molecule has 0 spiro atoms. The first-order valence-corrected chi connectivity index (χ1v) is 6.41. The average molecular weight is 239 g/mol. The number of nitrogen functional groups attached to an aromatic ring is 1. The van der Waals surface area contributed by atoms with Crippen LogP contribution in [-0.2, 0) is 0 Å². The Kier molecular flexibility index (Phi) is 2.37. The smallest absolute Gasteiger partial charge is 0.0384 e. The molecule has 84 valence electrons. The summed E-state index contributed by atoms with van der Waals surface area (Å²) in [5.74, 6) is 0. The zero-order chi connectivity index (χ0) is 11.8. The zero-order valence-electron chi connectivity index (χ0n) is 9.60. The summed E-state index contributed by atoms with van der Waals surface area (Å²) in [4.78, 5) is 1.34. The monoisotopic (exact) mass is 239 g/mol. The standard InChI is InChI=1S/C15H13NS/c1-10-13-4-2-3-5-14(13)17-15(10)11-6-8-12(16)9-7-11/h2-9H,16H2,1H3. The van der Waals surface area contributed by atoms with Crippen LogP contribution < -0.4 is 5.73 Å². The van der Waals surface area contributed by atoms with E-state index in [4.69, 9.17) is 5.73 Å². The molecule has 0 atom stereocenters. The first-order valence-electron chi connectivity index (χ1n) is 5.60. The van der Waals surface area contributed by atoms with Crippen molar-refractivity contribution in [3.8, 4) is 10.4 Å². The van der Waals surface area contributed by atoms with E-state index in [2.05, 4.69) is 43.3 Å². The van der Waals surface area contributed by atoms with Gasteiger partial charge >= 0.3 is 0 Å². The molecule has 0 saturated carbocycles. The van der Waals surface area contributed by atoms with Crippen LogP contribution in [0.1, 0.15) is 5.56 Å². The minimum Gasteiger partial charge on any atom is -0.399 e. The Hall–Kier alpha value is -1.80. The van der Waals surface area contributed by atoms with Gasteiger partial charge in [0.15, 0.2) is 0 Å². The lowest BCUT2D eigenvalue weighted by atomic mass is 10.1. The van der Waals surface area contributed by atoms with Crippen LogP contribution in [0.5, 0.6) is 0 Å². The van der Waals surface area contributed by atoms with Gasteiger partial charge in [0.25, 0.3) is 0 Å². The van der Waals surface area contributed by atoms with Crippen LogP contribution in [0.15, 0.2) is 48.5 Å². The van der Waals surface area contributed by atoms with Crippen LogP contribution in [-0.4, -0.2) is 0 Å². The molecular formula is C15H13NS. The number of nitrogens with two attached hydrogens (primary N) is 1. The first kappa shape index (κ1) is 10.4. The highest BCUT2D eigenvalue weighted by Gasteiger charge is 2.09. The molecule has 0 radical (unpaired) electrons. The Bertz CT molecular complexity index is 665. The van der Waals surface area contributed by atoms with Gasteiger partial charge in [0, 0.05) is 15.3 Å². The number of aryl methyl sites for hydroxylation is 1. The molecule has 0 bridgehead atoms. The summed E-state index contributed by atoms with van der Waals surface area (Å²) in [7, 11) is 0. The average Bonchev–Trinajstić information content (AvgIpc) is 2.69. The molecule has 17 heavy (non-hydrogen) atoms. The van der Waals surface area contributed by atoms with Gasteiger partial charge in [-0.2, -0.15) is 0 Å². The number of hydrogen-bond donors (Lipinski definition) is 1. The van der Waals surface area contributed by atoms with Gasteiger partial charge in [-0.05, 0) is 41.6 Å². The number of benzene rings is 2. The lowest BCUT2D eigenvalue weighted by molar-refractivity contribution is 1.57. The van der Waals surface area contributed by atoms with E-state index in [1.807, 2.05) is 23.5 Å². The molecule has 0 fully saturated rings. The van der Waals surface area contributed by atoms with Crippen LogP contribution in [0.4, 0.5) is 5.69 Å². The molecule has 3 aromatic rings. The second-order valence-electron chi connectivity index (χ2n) is 4.17. The quantitative estimate of drug-likeness (QED) is 0.623. The van der Waals surface area contributed by atoms with Crippen molar-refractivity contribution in [3.05, 3.63) is 54.1 Å². The minimum absolute atomic E-state index is 0.813. The Balaban J connectivity index is 2.24. The van der Waals surface area contributed by atoms with Gasteiger partial charge in [0.2, 0.25) is 0 Å². The largest absolute Gasteiger partial charge is 0.399 e. The fourth-order valence-electron chi connectivity index (χ4n) is 2.08. The van der Waals surface area contributed by atoms with Crippen molar-refractivity contribution < 1.29 is 0 Å². The normalized spacial score (nSPS) is 10.9. The van der Waals surface area contributed by atoms with E-state index < -0.39 is 0 Å². The van der Waals surface area contributed by atoms with Crippen LogP contribution in [0.3, 0.4) is 0 Å². The molecule has 1 heterocycles. The van der Waals surface area contributed by atoms with Crippen LogP contribution in [0.25, 0.3) is 20.5 Å². The molecule has 1 nitrogen and oxygen atoms in total. The van der Waals surface area contributed by atoms with Crippen molar-refractivity contribution in [1.82, 2.24) is 0 Å². The summed E-state index contributed by atoms with van der Waals surface area (Å²) in [6.07, 6.45) is 0. The van der Waals surface area contributed by atoms with Gasteiger partial charge in [0.05, 0.1) is 0 Å². The van der Waals surface area contributed by atoms with E-state index in [0.29, 0.717) is 0 Å². The van der Waals surface area contributed by atoms with E-state index in [1.165, 1.54) is 26.1 Å². The van der Waals surface area contributed by atoms with Crippen LogP contribution >= 0.6 is 11.3 Å². The van der Waals surface area contributed by atoms with Gasteiger partial charge < -0.3 is 5.73 Å². The summed E-state index contributed by atoms with van der Waals surface area (Å²) in [6, 6.07) is 16.6. The lowest BCUT2D eigenvalue weighted by Crippen LogP contribution is -1.83. The fraction of sp³-hybridized carbons (Fsp3) is 0.0667. The third-order valence-corrected chi connectivity index (χ3v) is 4.34. The van der Waals surface area contributed by atoms with Crippen molar-refractivity contribution in [2.45, 2.75) is 6.92 Å². The Labute approximate surface area is 105 Å². The molecular weight excluding hydrogens is 226 g/mol.